The number of ether oxygens (including phenoxy) is 2. The van der Waals surface area contributed by atoms with Gasteiger partial charge in [-0.05, 0) is 48.5 Å². The standard InChI is InChI=1S/C22H19N3O3/c1-27-15-10-12-16(13-11-15)28-14-21(26)23-18-7-3-2-6-17(18)22-24-19-8-4-5-9-20(19)25-22/h2-13H,14H2,1H3,(H,23,26)(H,24,25). The maximum absolute atomic E-state index is 12.4. The van der Waals surface area contributed by atoms with Crippen molar-refractivity contribution in [2.24, 2.45) is 0 Å². The van der Waals surface area contributed by atoms with E-state index in [1.54, 1.807) is 31.4 Å². The molecule has 0 aliphatic rings. The summed E-state index contributed by atoms with van der Waals surface area (Å²) in [6, 6.07) is 22.4. The molecule has 28 heavy (non-hydrogen) atoms. The summed E-state index contributed by atoms with van der Waals surface area (Å²) in [6.07, 6.45) is 0. The molecule has 3 aromatic carbocycles. The van der Waals surface area contributed by atoms with Crippen LogP contribution in [0.1, 0.15) is 0 Å². The molecule has 0 bridgehead atoms. The van der Waals surface area contributed by atoms with Gasteiger partial charge >= 0.3 is 0 Å². The van der Waals surface area contributed by atoms with Gasteiger partial charge in [0.15, 0.2) is 6.61 Å². The number of rotatable bonds is 6. The smallest absolute Gasteiger partial charge is 0.262 e. The molecule has 0 atom stereocenters. The second kappa shape index (κ2) is 7.84. The van der Waals surface area contributed by atoms with Gasteiger partial charge in [0.05, 0.1) is 23.8 Å². The summed E-state index contributed by atoms with van der Waals surface area (Å²) in [6.45, 7) is -0.0964. The minimum absolute atomic E-state index is 0.0964. The summed E-state index contributed by atoms with van der Waals surface area (Å²) >= 11 is 0. The second-order valence-electron chi connectivity index (χ2n) is 6.16. The first kappa shape index (κ1) is 17.6. The van der Waals surface area contributed by atoms with Crippen LogP contribution in [0.5, 0.6) is 11.5 Å². The fourth-order valence-electron chi connectivity index (χ4n) is 2.89. The van der Waals surface area contributed by atoms with E-state index >= 15 is 0 Å². The summed E-state index contributed by atoms with van der Waals surface area (Å²) in [5, 5.41) is 2.90. The summed E-state index contributed by atoms with van der Waals surface area (Å²) in [7, 11) is 1.60. The largest absolute Gasteiger partial charge is 0.497 e. The highest BCUT2D eigenvalue weighted by molar-refractivity contribution is 5.96. The molecule has 0 radical (unpaired) electrons. The molecule has 0 spiro atoms. The Hall–Kier alpha value is -3.80. The van der Waals surface area contributed by atoms with E-state index in [-0.39, 0.29) is 12.5 Å². The summed E-state index contributed by atoms with van der Waals surface area (Å²) in [5.41, 5.74) is 3.31. The third kappa shape index (κ3) is 3.81. The van der Waals surface area contributed by atoms with Gasteiger partial charge in [-0.3, -0.25) is 4.79 Å². The van der Waals surface area contributed by atoms with Crippen LogP contribution in [0, 0.1) is 0 Å². The highest BCUT2D eigenvalue weighted by Crippen LogP contribution is 2.27. The van der Waals surface area contributed by atoms with Crippen LogP contribution in [-0.2, 0) is 4.79 Å². The number of H-pyrrole nitrogens is 1. The Kier molecular flexibility index (Phi) is 4.93. The van der Waals surface area contributed by atoms with Crippen molar-refractivity contribution in [3.05, 3.63) is 72.8 Å². The molecule has 4 rings (SSSR count). The molecule has 140 valence electrons. The molecule has 6 nitrogen and oxygen atoms in total. The molecule has 1 aromatic heterocycles. The van der Waals surface area contributed by atoms with Crippen LogP contribution in [-0.4, -0.2) is 29.6 Å². The van der Waals surface area contributed by atoms with Gasteiger partial charge in [0.1, 0.15) is 17.3 Å². The van der Waals surface area contributed by atoms with Crippen LogP contribution in [0.25, 0.3) is 22.4 Å². The van der Waals surface area contributed by atoms with Crippen molar-refractivity contribution in [3.63, 3.8) is 0 Å². The minimum atomic E-state index is -0.251. The average molecular weight is 373 g/mol. The molecule has 6 heteroatoms. The predicted molar refractivity (Wildman–Crippen MR) is 109 cm³/mol. The number of amides is 1. The van der Waals surface area contributed by atoms with Gasteiger partial charge in [0.2, 0.25) is 0 Å². The fourth-order valence-corrected chi connectivity index (χ4v) is 2.89. The number of carbonyl (C=O) groups is 1. The van der Waals surface area contributed by atoms with Gasteiger partial charge < -0.3 is 19.8 Å². The minimum Gasteiger partial charge on any atom is -0.497 e. The van der Waals surface area contributed by atoms with E-state index in [0.717, 1.165) is 22.3 Å². The molecule has 2 N–H and O–H groups in total. The number of aromatic nitrogens is 2. The number of aromatic amines is 1. The first-order chi connectivity index (χ1) is 13.7. The Morgan fingerprint density at radius 3 is 2.46 bits per heavy atom. The van der Waals surface area contributed by atoms with E-state index in [1.165, 1.54) is 0 Å². The molecule has 1 heterocycles. The molecule has 0 aliphatic carbocycles. The Morgan fingerprint density at radius 1 is 0.964 bits per heavy atom. The number of nitrogens with one attached hydrogen (secondary N) is 2. The molecule has 0 aliphatic heterocycles. The zero-order chi connectivity index (χ0) is 19.3. The van der Waals surface area contributed by atoms with E-state index in [9.17, 15) is 4.79 Å². The van der Waals surface area contributed by atoms with Crippen LogP contribution in [0.4, 0.5) is 5.69 Å². The molecule has 4 aromatic rings. The number of benzene rings is 3. The van der Waals surface area contributed by atoms with Crippen molar-refractivity contribution in [1.29, 1.82) is 0 Å². The van der Waals surface area contributed by atoms with Gasteiger partial charge in [-0.15, -0.1) is 0 Å². The average Bonchev–Trinajstić information content (AvgIpc) is 3.17. The zero-order valence-electron chi connectivity index (χ0n) is 15.3. The van der Waals surface area contributed by atoms with Crippen LogP contribution in [0.15, 0.2) is 72.8 Å². The lowest BCUT2D eigenvalue weighted by Gasteiger charge is -2.10. The molecular weight excluding hydrogens is 354 g/mol. The van der Waals surface area contributed by atoms with Crippen molar-refractivity contribution >= 4 is 22.6 Å². The maximum atomic E-state index is 12.4. The first-order valence-corrected chi connectivity index (χ1v) is 8.84. The van der Waals surface area contributed by atoms with Crippen LogP contribution in [0.3, 0.4) is 0 Å². The van der Waals surface area contributed by atoms with Crippen LogP contribution in [0.2, 0.25) is 0 Å². The van der Waals surface area contributed by atoms with Crippen molar-refractivity contribution < 1.29 is 14.3 Å². The van der Waals surface area contributed by atoms with E-state index in [0.29, 0.717) is 17.3 Å². The number of hydrogen-bond acceptors (Lipinski definition) is 4. The lowest BCUT2D eigenvalue weighted by molar-refractivity contribution is -0.118. The molecule has 0 unspecified atom stereocenters. The highest BCUT2D eigenvalue weighted by atomic mass is 16.5. The topological polar surface area (TPSA) is 76.2 Å². The maximum Gasteiger partial charge on any atom is 0.262 e. The van der Waals surface area contributed by atoms with Crippen LogP contribution >= 0.6 is 0 Å². The van der Waals surface area contributed by atoms with E-state index in [4.69, 9.17) is 9.47 Å². The Bertz CT molecular complexity index is 1070. The zero-order valence-corrected chi connectivity index (χ0v) is 15.3. The Morgan fingerprint density at radius 2 is 1.68 bits per heavy atom. The van der Waals surface area contributed by atoms with E-state index in [2.05, 4.69) is 15.3 Å². The number of anilines is 1. The molecule has 0 saturated heterocycles. The van der Waals surface area contributed by atoms with Gasteiger partial charge in [-0.2, -0.15) is 0 Å². The monoisotopic (exact) mass is 373 g/mol. The van der Waals surface area contributed by atoms with Crippen molar-refractivity contribution in [2.45, 2.75) is 0 Å². The van der Waals surface area contributed by atoms with E-state index < -0.39 is 0 Å². The second-order valence-corrected chi connectivity index (χ2v) is 6.16. The number of hydrogen-bond donors (Lipinski definition) is 2. The summed E-state index contributed by atoms with van der Waals surface area (Å²) in [5.74, 6) is 1.78. The summed E-state index contributed by atoms with van der Waals surface area (Å²) < 4.78 is 10.6. The number of imidazole rings is 1. The molecular formula is C22H19N3O3. The van der Waals surface area contributed by atoms with Gasteiger partial charge in [-0.25, -0.2) is 4.98 Å². The number of fused-ring (bicyclic) bond motifs is 1. The third-order valence-corrected chi connectivity index (χ3v) is 4.28. The van der Waals surface area contributed by atoms with Crippen molar-refractivity contribution in [1.82, 2.24) is 9.97 Å². The number of nitrogens with zero attached hydrogens (tertiary/aromatic N) is 1. The fraction of sp³-hybridized carbons (Fsp3) is 0.0909. The lowest BCUT2D eigenvalue weighted by Crippen LogP contribution is -2.20. The van der Waals surface area contributed by atoms with Gasteiger partial charge in [0.25, 0.3) is 5.91 Å². The number of para-hydroxylation sites is 3. The summed E-state index contributed by atoms with van der Waals surface area (Å²) in [4.78, 5) is 20.3. The predicted octanol–water partition coefficient (Wildman–Crippen LogP) is 4.26. The van der Waals surface area contributed by atoms with Crippen LogP contribution < -0.4 is 14.8 Å². The lowest BCUT2D eigenvalue weighted by atomic mass is 10.1. The number of methoxy groups -OCH3 is 1. The molecule has 1 amide bonds. The van der Waals surface area contributed by atoms with E-state index in [1.807, 2.05) is 48.5 Å². The van der Waals surface area contributed by atoms with Gasteiger partial charge in [0, 0.05) is 5.56 Å². The quantitative estimate of drug-likeness (QED) is 0.530. The van der Waals surface area contributed by atoms with Gasteiger partial charge in [-0.1, -0.05) is 24.3 Å². The SMILES string of the molecule is COc1ccc(OCC(=O)Nc2ccccc2-c2nc3ccccc3[nH]2)cc1. The highest BCUT2D eigenvalue weighted by Gasteiger charge is 2.12. The molecule has 0 saturated carbocycles. The Labute approximate surface area is 162 Å². The normalized spacial score (nSPS) is 10.6. The third-order valence-electron chi connectivity index (χ3n) is 4.28. The number of carbonyl (C=O) groups excluding carboxylic acids is 1. The van der Waals surface area contributed by atoms with Crippen molar-refractivity contribution in [3.8, 4) is 22.9 Å². The van der Waals surface area contributed by atoms with Crippen molar-refractivity contribution in [2.75, 3.05) is 19.0 Å². The Balaban J connectivity index is 1.47. The first-order valence-electron chi connectivity index (χ1n) is 8.84. The molecule has 0 fully saturated rings.